The molecule has 1 heterocycles. The molecule has 6 nitrogen and oxygen atoms in total. The van der Waals surface area contributed by atoms with Gasteiger partial charge in [0.25, 0.3) is 0 Å². The molecule has 0 bridgehead atoms. The van der Waals surface area contributed by atoms with Gasteiger partial charge in [-0.15, -0.1) is 0 Å². The number of hydrogen-bond acceptors (Lipinski definition) is 5. The van der Waals surface area contributed by atoms with E-state index in [0.29, 0.717) is 0 Å². The molecule has 0 aliphatic carbocycles. The summed E-state index contributed by atoms with van der Waals surface area (Å²) >= 11 is 0. The summed E-state index contributed by atoms with van der Waals surface area (Å²) in [4.78, 5) is 25.0. The molecular formula is C14H18N2O4. The van der Waals surface area contributed by atoms with E-state index in [1.54, 1.807) is 4.90 Å². The van der Waals surface area contributed by atoms with E-state index in [4.69, 9.17) is 0 Å². The number of carbonyl (C=O) groups excluding carboxylic acids is 2. The summed E-state index contributed by atoms with van der Waals surface area (Å²) < 4.78 is 0. The molecule has 1 aromatic carbocycles. The maximum atomic E-state index is 11.7. The van der Waals surface area contributed by atoms with E-state index in [9.17, 15) is 19.8 Å². The minimum atomic E-state index is -0.831. The lowest BCUT2D eigenvalue weighted by atomic mass is 10.1. The lowest BCUT2D eigenvalue weighted by Crippen LogP contribution is -2.40. The number of nitrogens with zero attached hydrogens (tertiary/aromatic N) is 1. The van der Waals surface area contributed by atoms with Gasteiger partial charge < -0.3 is 10.2 Å². The molecule has 1 aliphatic heterocycles. The second kappa shape index (κ2) is 6.60. The van der Waals surface area contributed by atoms with Gasteiger partial charge in [-0.1, -0.05) is 30.3 Å². The number of nitrogens with one attached hydrogen (secondary N) is 1. The Balaban J connectivity index is 1.76. The van der Waals surface area contributed by atoms with Gasteiger partial charge in [0, 0.05) is 13.1 Å². The van der Waals surface area contributed by atoms with Crippen LogP contribution in [0.4, 0.5) is 0 Å². The van der Waals surface area contributed by atoms with Gasteiger partial charge in [-0.25, -0.2) is 0 Å². The average molecular weight is 278 g/mol. The van der Waals surface area contributed by atoms with Crippen LogP contribution in [0.25, 0.3) is 0 Å². The number of benzene rings is 1. The van der Waals surface area contributed by atoms with Crippen molar-refractivity contribution in [3.05, 3.63) is 35.9 Å². The molecule has 6 heteroatoms. The van der Waals surface area contributed by atoms with Gasteiger partial charge >= 0.3 is 0 Å². The van der Waals surface area contributed by atoms with Gasteiger partial charge in [0.15, 0.2) is 0 Å². The van der Waals surface area contributed by atoms with Crippen LogP contribution in [-0.2, 0) is 16.0 Å². The largest absolute Gasteiger partial charge is 0.389 e. The smallest absolute Gasteiger partial charge is 0.240 e. The number of imide groups is 1. The average Bonchev–Trinajstić information content (AvgIpc) is 2.68. The van der Waals surface area contributed by atoms with Crippen LogP contribution in [0.2, 0.25) is 0 Å². The first-order valence-corrected chi connectivity index (χ1v) is 6.49. The molecule has 0 saturated carbocycles. The molecule has 0 unspecified atom stereocenters. The van der Waals surface area contributed by atoms with Crippen molar-refractivity contribution >= 4 is 11.8 Å². The zero-order chi connectivity index (χ0) is 14.5. The summed E-state index contributed by atoms with van der Waals surface area (Å²) in [6.45, 7) is 0.470. The Kier molecular flexibility index (Phi) is 4.84. The first kappa shape index (κ1) is 14.6. The molecular weight excluding hydrogens is 260 g/mol. The molecule has 20 heavy (non-hydrogen) atoms. The van der Waals surface area contributed by atoms with Crippen molar-refractivity contribution in [1.29, 1.82) is 0 Å². The van der Waals surface area contributed by atoms with Crippen LogP contribution >= 0.6 is 0 Å². The highest BCUT2D eigenvalue weighted by molar-refractivity contribution is 5.96. The second-order valence-electron chi connectivity index (χ2n) is 4.96. The quantitative estimate of drug-likeness (QED) is 0.651. The van der Waals surface area contributed by atoms with Crippen LogP contribution in [0, 0.1) is 0 Å². The molecule has 2 atom stereocenters. The number of likely N-dealkylation sites (tertiary alicyclic amines) is 1. The molecule has 1 aromatic rings. The Morgan fingerprint density at radius 2 is 1.70 bits per heavy atom. The van der Waals surface area contributed by atoms with Gasteiger partial charge in [0.2, 0.25) is 11.8 Å². The first-order chi connectivity index (χ1) is 9.54. The van der Waals surface area contributed by atoms with Crippen molar-refractivity contribution in [2.24, 2.45) is 0 Å². The fraction of sp³-hybridized carbons (Fsp3) is 0.429. The molecule has 1 aliphatic rings. The molecule has 108 valence electrons. The Morgan fingerprint density at radius 1 is 1.10 bits per heavy atom. The molecule has 3 N–H and O–H groups in total. The third-order valence-corrected chi connectivity index (χ3v) is 3.19. The molecule has 2 amide bonds. The van der Waals surface area contributed by atoms with Crippen molar-refractivity contribution in [1.82, 2.24) is 10.2 Å². The van der Waals surface area contributed by atoms with Crippen LogP contribution in [-0.4, -0.2) is 58.8 Å². The summed E-state index contributed by atoms with van der Waals surface area (Å²) in [7, 11) is 0. The Morgan fingerprint density at radius 3 is 2.30 bits per heavy atom. The highest BCUT2D eigenvalue weighted by Gasteiger charge is 2.30. The Labute approximate surface area is 117 Å². The molecule has 0 radical (unpaired) electrons. The minimum Gasteiger partial charge on any atom is -0.389 e. The predicted octanol–water partition coefficient (Wildman–Crippen LogP) is -1.09. The van der Waals surface area contributed by atoms with E-state index in [1.165, 1.54) is 0 Å². The van der Waals surface area contributed by atoms with Gasteiger partial charge in [-0.2, -0.15) is 0 Å². The molecule has 0 aromatic heterocycles. The number of β-amino-alcohol motifs (C(OH)–C–C–N with tert-alkyl or cyclic N) is 2. The summed E-state index contributed by atoms with van der Waals surface area (Å²) in [6.07, 6.45) is -1.51. The second-order valence-corrected chi connectivity index (χ2v) is 4.96. The summed E-state index contributed by atoms with van der Waals surface area (Å²) in [5, 5.41) is 21.0. The molecule has 2 rings (SSSR count). The highest BCUT2D eigenvalue weighted by atomic mass is 16.3. The van der Waals surface area contributed by atoms with Crippen molar-refractivity contribution < 1.29 is 19.8 Å². The highest BCUT2D eigenvalue weighted by Crippen LogP contribution is 2.08. The van der Waals surface area contributed by atoms with Crippen LogP contribution < -0.4 is 5.32 Å². The van der Waals surface area contributed by atoms with E-state index in [2.05, 4.69) is 5.32 Å². The van der Waals surface area contributed by atoms with Crippen LogP contribution in [0.1, 0.15) is 5.56 Å². The van der Waals surface area contributed by atoms with Crippen molar-refractivity contribution in [3.63, 3.8) is 0 Å². The van der Waals surface area contributed by atoms with Crippen molar-refractivity contribution in [2.45, 2.75) is 18.6 Å². The molecule has 1 fully saturated rings. The maximum Gasteiger partial charge on any atom is 0.240 e. The van der Waals surface area contributed by atoms with Crippen LogP contribution in [0.3, 0.4) is 0 Å². The van der Waals surface area contributed by atoms with Gasteiger partial charge in [0.1, 0.15) is 0 Å². The number of rotatable bonds is 4. The zero-order valence-corrected chi connectivity index (χ0v) is 11.0. The minimum absolute atomic E-state index is 0.00531. The predicted molar refractivity (Wildman–Crippen MR) is 71.7 cm³/mol. The topological polar surface area (TPSA) is 89.9 Å². The fourth-order valence-electron chi connectivity index (χ4n) is 2.20. The molecule has 1 saturated heterocycles. The normalized spacial score (nSPS) is 22.7. The number of carbonyl (C=O) groups is 2. The number of aliphatic hydroxyl groups excluding tert-OH is 2. The molecule has 0 spiro atoms. The summed E-state index contributed by atoms with van der Waals surface area (Å²) in [5.74, 6) is -0.784. The number of aliphatic hydroxyl groups is 2. The van der Waals surface area contributed by atoms with Crippen molar-refractivity contribution in [3.8, 4) is 0 Å². The SMILES string of the molecule is O=C(Cc1ccccc1)NC(=O)CN1C[C@@H](O)[C@@H](O)C1. The third kappa shape index (κ3) is 4.12. The van der Waals surface area contributed by atoms with Gasteiger partial charge in [-0.3, -0.25) is 19.8 Å². The monoisotopic (exact) mass is 278 g/mol. The van der Waals surface area contributed by atoms with E-state index >= 15 is 0 Å². The van der Waals surface area contributed by atoms with E-state index in [1.807, 2.05) is 30.3 Å². The van der Waals surface area contributed by atoms with E-state index in [-0.39, 0.29) is 32.0 Å². The van der Waals surface area contributed by atoms with E-state index in [0.717, 1.165) is 5.56 Å². The third-order valence-electron chi connectivity index (χ3n) is 3.19. The number of hydrogen-bond donors (Lipinski definition) is 3. The Hall–Kier alpha value is -1.76. The first-order valence-electron chi connectivity index (χ1n) is 6.49. The fourth-order valence-corrected chi connectivity index (χ4v) is 2.20. The van der Waals surface area contributed by atoms with Gasteiger partial charge in [-0.05, 0) is 5.56 Å². The van der Waals surface area contributed by atoms with Gasteiger partial charge in [0.05, 0.1) is 25.2 Å². The lowest BCUT2D eigenvalue weighted by molar-refractivity contribution is -0.130. The number of amides is 2. The zero-order valence-electron chi connectivity index (χ0n) is 11.0. The lowest BCUT2D eigenvalue weighted by Gasteiger charge is -2.13. The van der Waals surface area contributed by atoms with Crippen LogP contribution in [0.5, 0.6) is 0 Å². The van der Waals surface area contributed by atoms with Crippen molar-refractivity contribution in [2.75, 3.05) is 19.6 Å². The summed E-state index contributed by atoms with van der Waals surface area (Å²) in [5.41, 5.74) is 0.838. The van der Waals surface area contributed by atoms with E-state index < -0.39 is 18.1 Å². The maximum absolute atomic E-state index is 11.7. The Bertz CT molecular complexity index is 467. The standard InChI is InChI=1S/C14H18N2O4/c17-11-7-16(8-12(11)18)9-14(20)15-13(19)6-10-4-2-1-3-5-10/h1-5,11-12,17-18H,6-9H2,(H,15,19,20)/t11-,12+. The summed E-state index contributed by atoms with van der Waals surface area (Å²) in [6, 6.07) is 9.15. The van der Waals surface area contributed by atoms with Crippen LogP contribution in [0.15, 0.2) is 30.3 Å².